The molecule has 0 radical (unpaired) electrons. The number of alkyl halides is 3. The summed E-state index contributed by atoms with van der Waals surface area (Å²) in [6.07, 6.45) is 1.98. The Labute approximate surface area is 258 Å². The van der Waals surface area contributed by atoms with E-state index in [9.17, 15) is 36.6 Å². The molecule has 0 bridgehead atoms. The fourth-order valence-electron chi connectivity index (χ4n) is 10.4. The van der Waals surface area contributed by atoms with Gasteiger partial charge >= 0.3 is 12.4 Å². The molecule has 4 saturated carbocycles. The topological polar surface area (TPSA) is 125 Å². The van der Waals surface area contributed by atoms with Gasteiger partial charge in [0.2, 0.25) is 0 Å². The van der Waals surface area contributed by atoms with Crippen molar-refractivity contribution in [1.82, 2.24) is 10.0 Å². The second-order valence-corrected chi connectivity index (χ2v) is 16.1. The van der Waals surface area contributed by atoms with Gasteiger partial charge in [-0.1, -0.05) is 34.1 Å². The van der Waals surface area contributed by atoms with Crippen LogP contribution in [0, 0.1) is 52.3 Å². The molecule has 0 spiro atoms. The van der Waals surface area contributed by atoms with Gasteiger partial charge in [0.1, 0.15) is 5.75 Å². The summed E-state index contributed by atoms with van der Waals surface area (Å²) in [6, 6.07) is 2.73. The molecule has 1 aromatic rings. The van der Waals surface area contributed by atoms with Gasteiger partial charge in [0.25, 0.3) is 10.0 Å². The second-order valence-electron chi connectivity index (χ2n) is 14.4. The van der Waals surface area contributed by atoms with Crippen LogP contribution in [0.5, 0.6) is 5.75 Å². The minimum atomic E-state index is -4.90. The van der Waals surface area contributed by atoms with E-state index in [2.05, 4.69) is 37.7 Å². The number of ether oxygens (including phenoxy) is 1. The predicted octanol–water partition coefficient (Wildman–Crippen LogP) is 5.84. The molecule has 4 fully saturated rings. The van der Waals surface area contributed by atoms with Crippen molar-refractivity contribution in [3.63, 3.8) is 0 Å². The summed E-state index contributed by atoms with van der Waals surface area (Å²) < 4.78 is 68.3. The Morgan fingerprint density at radius 3 is 2.30 bits per heavy atom. The lowest BCUT2D eigenvalue weighted by Crippen LogP contribution is -2.62. The summed E-state index contributed by atoms with van der Waals surface area (Å²) in [5, 5.41) is 25.1. The first-order valence-corrected chi connectivity index (χ1v) is 17.5. The van der Waals surface area contributed by atoms with Crippen LogP contribution in [0.4, 0.5) is 18.0 Å². The maximum absolute atomic E-state index is 12.7. The van der Waals surface area contributed by atoms with Crippen molar-refractivity contribution >= 4 is 16.1 Å². The second kappa shape index (κ2) is 12.0. The number of fused-ring (bicyclic) bond motifs is 5. The van der Waals surface area contributed by atoms with Crippen LogP contribution in [0.25, 0.3) is 0 Å². The third kappa shape index (κ3) is 6.07. The third-order valence-corrected chi connectivity index (χ3v) is 13.7. The van der Waals surface area contributed by atoms with E-state index in [0.29, 0.717) is 17.8 Å². The Hall–Kier alpha value is -2.05. The van der Waals surface area contributed by atoms with Gasteiger partial charge in [-0.3, -0.25) is 0 Å². The molecule has 0 aromatic heterocycles. The van der Waals surface area contributed by atoms with Gasteiger partial charge in [0, 0.05) is 6.54 Å². The molecular formula is C32H47F3N2O6S. The lowest BCUT2D eigenvalue weighted by molar-refractivity contribution is -0.274. The molecule has 248 valence electrons. The normalized spacial score (nSPS) is 39.4. The van der Waals surface area contributed by atoms with Crippen LogP contribution in [0.3, 0.4) is 0 Å². The van der Waals surface area contributed by atoms with E-state index in [-0.39, 0.29) is 52.0 Å². The maximum Gasteiger partial charge on any atom is 0.573 e. The number of halogens is 3. The van der Waals surface area contributed by atoms with Crippen LogP contribution in [-0.2, 0) is 10.0 Å². The van der Waals surface area contributed by atoms with E-state index in [0.717, 1.165) is 75.6 Å². The minimum Gasteiger partial charge on any atom is -0.406 e. The number of hydrogen-bond donors (Lipinski definition) is 4. The van der Waals surface area contributed by atoms with Crippen molar-refractivity contribution in [3.05, 3.63) is 24.3 Å². The first-order valence-electron chi connectivity index (χ1n) is 16.0. The lowest BCUT2D eigenvalue weighted by atomic mass is 9.41. The quantitative estimate of drug-likeness (QED) is 0.296. The molecule has 44 heavy (non-hydrogen) atoms. The fourth-order valence-corrected chi connectivity index (χ4v) is 11.3. The summed E-state index contributed by atoms with van der Waals surface area (Å²) >= 11 is 0. The Bertz CT molecular complexity index is 1310. The third-order valence-electron chi connectivity index (χ3n) is 12.3. The zero-order valence-corrected chi connectivity index (χ0v) is 26.8. The molecule has 5 rings (SSSR count). The van der Waals surface area contributed by atoms with Crippen molar-refractivity contribution in [3.8, 4) is 5.75 Å². The monoisotopic (exact) mass is 644 g/mol. The molecule has 12 heteroatoms. The van der Waals surface area contributed by atoms with Gasteiger partial charge in [-0.15, -0.1) is 13.2 Å². The molecule has 11 atom stereocenters. The summed E-state index contributed by atoms with van der Waals surface area (Å²) in [5.41, 5.74) is 0.105. The molecule has 4 N–H and O–H groups in total. The van der Waals surface area contributed by atoms with Crippen molar-refractivity contribution in [2.75, 3.05) is 6.54 Å². The number of benzene rings is 1. The Balaban J connectivity index is 1.22. The molecule has 0 saturated heterocycles. The van der Waals surface area contributed by atoms with Crippen LogP contribution >= 0.6 is 0 Å². The standard InChI is InChI=1S/C32H47F3N2O6S/c1-5-22-26-16-19(38)12-14-31(26,4)25-13-15-30(3)23(10-11-24(30)27(25)28(22)39)18(2)17-36-29(40)37-44(41,42)21-8-6-20(7-9-21)43-32(33,34)35/h6-9,18-19,22-28,38-39H,5,10-17H2,1-4H3,(H2,36,37,40)/t18-,19-,22-,23-,24?,25?,26+,27?,28?,30-,31-/m1/s1. The maximum atomic E-state index is 12.7. The average molecular weight is 645 g/mol. The molecule has 1 aromatic carbocycles. The van der Waals surface area contributed by atoms with E-state index in [1.165, 1.54) is 0 Å². The smallest absolute Gasteiger partial charge is 0.406 e. The highest BCUT2D eigenvalue weighted by molar-refractivity contribution is 7.90. The summed E-state index contributed by atoms with van der Waals surface area (Å²) in [7, 11) is -4.31. The number of rotatable bonds is 7. The highest BCUT2D eigenvalue weighted by Gasteiger charge is 2.64. The van der Waals surface area contributed by atoms with E-state index < -0.39 is 34.3 Å². The van der Waals surface area contributed by atoms with E-state index >= 15 is 0 Å². The Morgan fingerprint density at radius 1 is 1.02 bits per heavy atom. The van der Waals surface area contributed by atoms with Crippen LogP contribution in [0.2, 0.25) is 0 Å². The van der Waals surface area contributed by atoms with E-state index in [4.69, 9.17) is 0 Å². The van der Waals surface area contributed by atoms with Crippen molar-refractivity contribution < 1.29 is 41.3 Å². The summed E-state index contributed by atoms with van der Waals surface area (Å²) in [6.45, 7) is 9.24. The van der Waals surface area contributed by atoms with Gasteiger partial charge in [0.05, 0.1) is 17.1 Å². The first kappa shape index (κ1) is 33.3. The Kier molecular flexibility index (Phi) is 9.05. The number of nitrogens with one attached hydrogen (secondary N) is 2. The molecule has 4 aliphatic carbocycles. The number of amides is 2. The van der Waals surface area contributed by atoms with Crippen LogP contribution in [0.15, 0.2) is 29.2 Å². The predicted molar refractivity (Wildman–Crippen MR) is 158 cm³/mol. The SMILES string of the molecule is CC[C@H]1C(O)C2C3CC[C@H]([C@H](C)CNC(=O)NS(=O)(=O)c4ccc(OC(F)(F)F)cc4)[C@@]3(C)CCC2[C@@]2(C)CC[C@@H](O)C[C@@H]12. The first-order chi connectivity index (χ1) is 20.5. The van der Waals surface area contributed by atoms with E-state index in [1.807, 2.05) is 4.72 Å². The minimum absolute atomic E-state index is 0.0122. The number of aliphatic hydroxyl groups excluding tert-OH is 2. The van der Waals surface area contributed by atoms with Gasteiger partial charge in [-0.2, -0.15) is 0 Å². The molecular weight excluding hydrogens is 597 g/mol. The summed E-state index contributed by atoms with van der Waals surface area (Å²) in [4.78, 5) is 12.3. The average Bonchev–Trinajstić information content (AvgIpc) is 3.29. The number of carbonyl (C=O) groups is 1. The summed E-state index contributed by atoms with van der Waals surface area (Å²) in [5.74, 6) is 1.29. The Morgan fingerprint density at radius 2 is 1.66 bits per heavy atom. The molecule has 4 unspecified atom stereocenters. The number of aliphatic hydroxyl groups is 2. The van der Waals surface area contributed by atoms with Crippen molar-refractivity contribution in [2.45, 2.75) is 103 Å². The highest BCUT2D eigenvalue weighted by Crippen LogP contribution is 2.69. The van der Waals surface area contributed by atoms with Crippen molar-refractivity contribution in [2.24, 2.45) is 52.3 Å². The largest absolute Gasteiger partial charge is 0.573 e. The molecule has 0 heterocycles. The zero-order valence-electron chi connectivity index (χ0n) is 25.9. The number of carbonyl (C=O) groups excluding carboxylic acids is 1. The van der Waals surface area contributed by atoms with Gasteiger partial charge in [-0.25, -0.2) is 17.9 Å². The molecule has 2 amide bonds. The number of hydrogen-bond acceptors (Lipinski definition) is 6. The molecule has 4 aliphatic rings. The van der Waals surface area contributed by atoms with E-state index in [1.54, 1.807) is 0 Å². The number of urea groups is 1. The van der Waals surface area contributed by atoms with Crippen LogP contribution in [0.1, 0.15) is 79.1 Å². The van der Waals surface area contributed by atoms with Gasteiger partial charge in [-0.05, 0) is 121 Å². The molecule has 8 nitrogen and oxygen atoms in total. The van der Waals surface area contributed by atoms with Gasteiger partial charge in [0.15, 0.2) is 0 Å². The molecule has 0 aliphatic heterocycles. The van der Waals surface area contributed by atoms with Crippen LogP contribution in [-0.4, -0.2) is 49.8 Å². The van der Waals surface area contributed by atoms with Crippen molar-refractivity contribution in [1.29, 1.82) is 0 Å². The highest BCUT2D eigenvalue weighted by atomic mass is 32.2. The number of sulfonamides is 1. The zero-order chi connectivity index (χ0) is 32.2. The lowest BCUT2D eigenvalue weighted by Gasteiger charge is -2.64. The fraction of sp³-hybridized carbons (Fsp3) is 0.781. The van der Waals surface area contributed by atoms with Crippen LogP contribution < -0.4 is 14.8 Å². The van der Waals surface area contributed by atoms with Gasteiger partial charge < -0.3 is 20.3 Å².